The van der Waals surface area contributed by atoms with E-state index >= 15 is 0 Å². The lowest BCUT2D eigenvalue weighted by Gasteiger charge is -2.04. The maximum absolute atomic E-state index is 9.90. The van der Waals surface area contributed by atoms with Crippen molar-refractivity contribution in [3.8, 4) is 0 Å². The number of carbonyl (C=O) groups is 1. The van der Waals surface area contributed by atoms with E-state index in [-0.39, 0.29) is 0 Å². The first-order chi connectivity index (χ1) is 3.63. The number of hydrazine groups is 1. The van der Waals surface area contributed by atoms with Gasteiger partial charge in [0.1, 0.15) is 0 Å². The number of carbonyl (C=O) groups excluding carboxylic acids is 1. The molecule has 0 spiro atoms. The molecule has 8 heavy (non-hydrogen) atoms. The fourth-order valence-electron chi connectivity index (χ4n) is 0.114. The van der Waals surface area contributed by atoms with Crippen LogP contribution in [0.1, 0.15) is 6.92 Å². The van der Waals surface area contributed by atoms with E-state index in [0.717, 1.165) is 0 Å². The number of amides is 1. The van der Waals surface area contributed by atoms with Gasteiger partial charge in [-0.05, 0) is 0 Å². The van der Waals surface area contributed by atoms with Crippen LogP contribution in [0.5, 0.6) is 0 Å². The average molecular weight is 137 g/mol. The molecule has 48 valence electrons. The van der Waals surface area contributed by atoms with Crippen LogP contribution in [-0.2, 0) is 16.1 Å². The zero-order valence-electron chi connectivity index (χ0n) is 4.13. The molecule has 0 saturated carbocycles. The second-order valence-electron chi connectivity index (χ2n) is 1.02. The zero-order valence-corrected chi connectivity index (χ0v) is 4.95. The van der Waals surface area contributed by atoms with Crippen LogP contribution in [0, 0.1) is 0 Å². The normalized spacial score (nSPS) is 12.8. The lowest BCUT2D eigenvalue weighted by atomic mass is 10.8. The van der Waals surface area contributed by atoms with E-state index in [1.807, 2.05) is 5.43 Å². The molecule has 0 aromatic heterocycles. The van der Waals surface area contributed by atoms with E-state index < -0.39 is 17.2 Å². The van der Waals surface area contributed by atoms with Crippen LogP contribution in [0.25, 0.3) is 0 Å². The summed E-state index contributed by atoms with van der Waals surface area (Å²) < 4.78 is 19.2. The maximum Gasteiger partial charge on any atom is 0.231 e. The highest BCUT2D eigenvalue weighted by atomic mass is 32.2. The summed E-state index contributed by atoms with van der Waals surface area (Å²) in [5, 5.41) is 0. The lowest BCUT2D eigenvalue weighted by Crippen LogP contribution is -2.36. The highest BCUT2D eigenvalue weighted by molar-refractivity contribution is 7.77. The number of hydrogen-bond acceptors (Lipinski definition) is 3. The summed E-state index contributed by atoms with van der Waals surface area (Å²) in [7, 11) is 0. The van der Waals surface area contributed by atoms with Crippen molar-refractivity contribution >= 4 is 17.2 Å². The summed E-state index contributed by atoms with van der Waals surface area (Å²) in [5.74, 6) is -0.450. The van der Waals surface area contributed by atoms with Gasteiger partial charge >= 0.3 is 0 Å². The summed E-state index contributed by atoms with van der Waals surface area (Å²) in [6.45, 7) is 1.19. The molecule has 0 aromatic carbocycles. The summed E-state index contributed by atoms with van der Waals surface area (Å²) >= 11 is -2.42. The number of hydrogen-bond donors (Lipinski definition) is 2. The first-order valence-corrected chi connectivity index (χ1v) is 2.82. The van der Waals surface area contributed by atoms with Gasteiger partial charge in [0.2, 0.25) is 5.91 Å². The first kappa shape index (κ1) is 7.54. The van der Waals surface area contributed by atoms with Crippen LogP contribution in [-0.4, -0.2) is 14.7 Å². The second kappa shape index (κ2) is 3.53. The molecular formula is C2H5N2O3S-. The molecule has 5 nitrogen and oxygen atoms in total. The second-order valence-corrected chi connectivity index (χ2v) is 1.69. The first-order valence-electron chi connectivity index (χ1n) is 1.74. The maximum atomic E-state index is 9.90. The summed E-state index contributed by atoms with van der Waals surface area (Å²) in [6, 6.07) is 0. The minimum Gasteiger partial charge on any atom is -0.759 e. The third kappa shape index (κ3) is 5.54. The minimum absolute atomic E-state index is 0.450. The highest BCUT2D eigenvalue weighted by Gasteiger charge is 1.83. The zero-order chi connectivity index (χ0) is 6.57. The molecule has 1 amide bonds. The molecule has 2 N–H and O–H groups in total. The Bertz CT molecular complexity index is 99.9. The molecule has 0 bridgehead atoms. The van der Waals surface area contributed by atoms with Gasteiger partial charge in [-0.1, -0.05) is 0 Å². The van der Waals surface area contributed by atoms with Crippen LogP contribution in [0.2, 0.25) is 0 Å². The van der Waals surface area contributed by atoms with Crippen LogP contribution in [0.3, 0.4) is 0 Å². The Labute approximate surface area is 48.8 Å². The Kier molecular flexibility index (Phi) is 3.33. The molecule has 6 heteroatoms. The Morgan fingerprint density at radius 3 is 2.38 bits per heavy atom. The topological polar surface area (TPSA) is 81.3 Å². The van der Waals surface area contributed by atoms with Crippen LogP contribution in [0.4, 0.5) is 0 Å². The smallest absolute Gasteiger partial charge is 0.231 e. The van der Waals surface area contributed by atoms with Crippen LogP contribution >= 0.6 is 0 Å². The fourth-order valence-corrected chi connectivity index (χ4v) is 0.341. The van der Waals surface area contributed by atoms with Crippen molar-refractivity contribution in [2.24, 2.45) is 0 Å². The summed E-state index contributed by atoms with van der Waals surface area (Å²) in [4.78, 5) is 11.6. The summed E-state index contributed by atoms with van der Waals surface area (Å²) in [5.41, 5.74) is 1.84. The molecule has 0 aromatic rings. The van der Waals surface area contributed by atoms with Gasteiger partial charge in [0.25, 0.3) is 0 Å². The van der Waals surface area contributed by atoms with Gasteiger partial charge in [-0.2, -0.15) is 4.83 Å². The monoisotopic (exact) mass is 137 g/mol. The summed E-state index contributed by atoms with van der Waals surface area (Å²) in [6.07, 6.45) is 0. The van der Waals surface area contributed by atoms with Gasteiger partial charge in [0.05, 0.1) is 0 Å². The molecule has 1 atom stereocenters. The van der Waals surface area contributed by atoms with Gasteiger partial charge in [0, 0.05) is 18.2 Å². The van der Waals surface area contributed by atoms with E-state index in [2.05, 4.69) is 0 Å². The Morgan fingerprint density at radius 2 is 2.25 bits per heavy atom. The highest BCUT2D eigenvalue weighted by Crippen LogP contribution is 1.56. The molecule has 1 unspecified atom stereocenters. The van der Waals surface area contributed by atoms with Gasteiger partial charge in [0.15, 0.2) is 0 Å². The van der Waals surface area contributed by atoms with Gasteiger partial charge in [-0.25, -0.2) is 0 Å². The van der Waals surface area contributed by atoms with Crippen LogP contribution in [0.15, 0.2) is 0 Å². The third-order valence-electron chi connectivity index (χ3n) is 0.310. The molecular weight excluding hydrogens is 132 g/mol. The Hall–Kier alpha value is -0.460. The van der Waals surface area contributed by atoms with Crippen molar-refractivity contribution in [1.29, 1.82) is 0 Å². The molecule has 0 radical (unpaired) electrons. The Balaban J connectivity index is 3.18. The number of rotatable bonds is 2. The van der Waals surface area contributed by atoms with Crippen molar-refractivity contribution in [3.63, 3.8) is 0 Å². The predicted octanol–water partition coefficient (Wildman–Crippen LogP) is -1.58. The molecule has 0 saturated heterocycles. The molecule has 0 heterocycles. The van der Waals surface area contributed by atoms with E-state index in [4.69, 9.17) is 0 Å². The average Bonchev–Trinajstić information content (AvgIpc) is 1.61. The molecule has 0 aliphatic carbocycles. The van der Waals surface area contributed by atoms with Crippen molar-refractivity contribution in [2.45, 2.75) is 6.92 Å². The standard InChI is InChI=1S/C2H6N2O3S/c1-2(5)3-4-8(6)7/h4H,1H3,(H,3,5)(H,6,7)/p-1. The Morgan fingerprint density at radius 1 is 1.75 bits per heavy atom. The van der Waals surface area contributed by atoms with Crippen molar-refractivity contribution in [3.05, 3.63) is 0 Å². The molecule has 0 fully saturated rings. The van der Waals surface area contributed by atoms with Gasteiger partial charge < -0.3 is 4.55 Å². The van der Waals surface area contributed by atoms with Crippen LogP contribution < -0.4 is 10.3 Å². The predicted molar refractivity (Wildman–Crippen MR) is 25.9 cm³/mol. The fraction of sp³-hybridized carbons (Fsp3) is 0.500. The van der Waals surface area contributed by atoms with Crippen molar-refractivity contribution in [2.75, 3.05) is 0 Å². The van der Waals surface area contributed by atoms with E-state index in [1.165, 1.54) is 6.92 Å². The minimum atomic E-state index is -2.42. The third-order valence-corrected chi connectivity index (χ3v) is 0.579. The van der Waals surface area contributed by atoms with Gasteiger partial charge in [-0.15, -0.1) is 0 Å². The van der Waals surface area contributed by atoms with E-state index in [1.54, 1.807) is 4.83 Å². The molecule has 0 aliphatic heterocycles. The number of nitrogens with one attached hydrogen (secondary N) is 2. The van der Waals surface area contributed by atoms with E-state index in [0.29, 0.717) is 0 Å². The molecule has 0 aliphatic rings. The van der Waals surface area contributed by atoms with Crippen molar-refractivity contribution < 1.29 is 13.6 Å². The lowest BCUT2D eigenvalue weighted by molar-refractivity contribution is -0.119. The molecule has 0 rings (SSSR count). The van der Waals surface area contributed by atoms with Gasteiger partial charge in [-0.3, -0.25) is 14.4 Å². The van der Waals surface area contributed by atoms with E-state index in [9.17, 15) is 13.6 Å². The SMILES string of the molecule is CC(=O)NNS(=O)[O-]. The van der Waals surface area contributed by atoms with Crippen molar-refractivity contribution in [1.82, 2.24) is 10.3 Å². The largest absolute Gasteiger partial charge is 0.759 e. The quantitative estimate of drug-likeness (QED) is 0.356.